The molecule has 0 aliphatic heterocycles. The molecule has 5 nitrogen and oxygen atoms in total. The van der Waals surface area contributed by atoms with Crippen LogP contribution >= 0.6 is 0 Å². The molecule has 3 N–H and O–H groups in total. The zero-order valence-corrected chi connectivity index (χ0v) is 18.2. The number of nitrogens with one attached hydrogen (secondary N) is 1. The summed E-state index contributed by atoms with van der Waals surface area (Å²) >= 11 is 0. The number of carbonyl (C=O) groups is 1. The largest absolute Gasteiger partial charge is 0.325 e. The molecule has 3 aromatic carbocycles. The molecule has 32 heavy (non-hydrogen) atoms. The Morgan fingerprint density at radius 3 is 1.97 bits per heavy atom. The smallest absolute Gasteiger partial charge is 0.242 e. The van der Waals surface area contributed by atoms with Gasteiger partial charge >= 0.3 is 0 Å². The molecule has 0 bridgehead atoms. The fourth-order valence-corrected chi connectivity index (χ4v) is 3.84. The van der Waals surface area contributed by atoms with Crippen LogP contribution in [0.15, 0.2) is 91.1 Å². The monoisotopic (exact) mass is 422 g/mol. The predicted molar refractivity (Wildman–Crippen MR) is 128 cm³/mol. The van der Waals surface area contributed by atoms with Gasteiger partial charge in [0, 0.05) is 23.4 Å². The molecule has 5 heteroatoms. The van der Waals surface area contributed by atoms with Gasteiger partial charge in [-0.3, -0.25) is 4.79 Å². The van der Waals surface area contributed by atoms with Crippen LogP contribution in [-0.2, 0) is 4.79 Å². The lowest BCUT2D eigenvalue weighted by atomic mass is 9.85. The number of amides is 1. The van der Waals surface area contributed by atoms with Crippen molar-refractivity contribution in [3.05, 3.63) is 114 Å². The molecule has 1 amide bonds. The van der Waals surface area contributed by atoms with E-state index in [2.05, 4.69) is 15.3 Å². The lowest BCUT2D eigenvalue weighted by Crippen LogP contribution is -2.41. The number of aryl methyl sites for hydroxylation is 2. The summed E-state index contributed by atoms with van der Waals surface area (Å²) in [6, 6.07) is 26.7. The van der Waals surface area contributed by atoms with E-state index in [1.807, 2.05) is 105 Å². The van der Waals surface area contributed by atoms with E-state index in [9.17, 15) is 4.79 Å². The van der Waals surface area contributed by atoms with Crippen LogP contribution in [0.25, 0.3) is 11.3 Å². The number of nitrogens with two attached hydrogens (primary N) is 1. The van der Waals surface area contributed by atoms with Crippen LogP contribution in [0.1, 0.15) is 28.4 Å². The molecule has 0 radical (unpaired) electrons. The van der Waals surface area contributed by atoms with E-state index in [4.69, 9.17) is 5.73 Å². The van der Waals surface area contributed by atoms with Crippen molar-refractivity contribution in [2.24, 2.45) is 5.73 Å². The van der Waals surface area contributed by atoms with Gasteiger partial charge in [0.15, 0.2) is 0 Å². The first-order chi connectivity index (χ1) is 15.5. The van der Waals surface area contributed by atoms with Gasteiger partial charge in [0.2, 0.25) is 5.91 Å². The second-order valence-electron chi connectivity index (χ2n) is 7.84. The molecule has 0 fully saturated rings. The van der Waals surface area contributed by atoms with Gasteiger partial charge < -0.3 is 11.1 Å². The Morgan fingerprint density at radius 1 is 0.844 bits per heavy atom. The molecule has 1 atom stereocenters. The fraction of sp³-hybridized carbons (Fsp3) is 0.148. The maximum atomic E-state index is 13.1. The van der Waals surface area contributed by atoms with Gasteiger partial charge in [0.1, 0.15) is 5.82 Å². The quantitative estimate of drug-likeness (QED) is 0.465. The SMILES string of the molecule is Cc1ncc(C)c(-c2ccc(NC(=O)C(N)C(c3ccccc3)c3ccccc3)cc2)n1. The summed E-state index contributed by atoms with van der Waals surface area (Å²) < 4.78 is 0. The zero-order valence-electron chi connectivity index (χ0n) is 18.2. The summed E-state index contributed by atoms with van der Waals surface area (Å²) in [5, 5.41) is 2.97. The molecule has 1 heterocycles. The van der Waals surface area contributed by atoms with Crippen molar-refractivity contribution in [2.75, 3.05) is 5.32 Å². The number of benzene rings is 3. The molecule has 160 valence electrons. The van der Waals surface area contributed by atoms with E-state index in [0.717, 1.165) is 33.8 Å². The molecule has 1 unspecified atom stereocenters. The normalized spacial score (nSPS) is 11.9. The van der Waals surface area contributed by atoms with E-state index in [0.29, 0.717) is 5.69 Å². The van der Waals surface area contributed by atoms with Crippen LogP contribution in [0, 0.1) is 13.8 Å². The third-order valence-corrected chi connectivity index (χ3v) is 5.50. The van der Waals surface area contributed by atoms with Gasteiger partial charge in [-0.2, -0.15) is 0 Å². The average Bonchev–Trinajstić information content (AvgIpc) is 2.83. The molecule has 0 saturated carbocycles. The van der Waals surface area contributed by atoms with Gasteiger partial charge in [0.05, 0.1) is 11.7 Å². The Bertz CT molecular complexity index is 1150. The number of anilines is 1. The summed E-state index contributed by atoms with van der Waals surface area (Å²) in [7, 11) is 0. The van der Waals surface area contributed by atoms with E-state index in [1.165, 1.54) is 0 Å². The Kier molecular flexibility index (Phi) is 6.38. The highest BCUT2D eigenvalue weighted by Gasteiger charge is 2.27. The molecule has 1 aromatic heterocycles. The number of hydrogen-bond donors (Lipinski definition) is 2. The Balaban J connectivity index is 1.55. The third kappa shape index (κ3) is 4.74. The van der Waals surface area contributed by atoms with E-state index < -0.39 is 6.04 Å². The number of carbonyl (C=O) groups excluding carboxylic acids is 1. The second kappa shape index (κ2) is 9.54. The molecule has 4 aromatic rings. The molecular weight excluding hydrogens is 396 g/mol. The predicted octanol–water partition coefficient (Wildman–Crippen LogP) is 4.86. The van der Waals surface area contributed by atoms with Crippen molar-refractivity contribution in [3.8, 4) is 11.3 Å². The van der Waals surface area contributed by atoms with Gasteiger partial charge in [-0.05, 0) is 42.7 Å². The highest BCUT2D eigenvalue weighted by Crippen LogP contribution is 2.28. The van der Waals surface area contributed by atoms with Crippen LogP contribution in [0.3, 0.4) is 0 Å². The third-order valence-electron chi connectivity index (χ3n) is 5.50. The summed E-state index contributed by atoms with van der Waals surface area (Å²) in [4.78, 5) is 21.9. The molecule has 0 aliphatic carbocycles. The van der Waals surface area contributed by atoms with Crippen LogP contribution < -0.4 is 11.1 Å². The Hall–Kier alpha value is -3.83. The van der Waals surface area contributed by atoms with Gasteiger partial charge in [-0.1, -0.05) is 72.8 Å². The summed E-state index contributed by atoms with van der Waals surface area (Å²) in [5.74, 6) is 0.245. The minimum Gasteiger partial charge on any atom is -0.325 e. The number of aromatic nitrogens is 2. The van der Waals surface area contributed by atoms with Crippen LogP contribution in [0.2, 0.25) is 0 Å². The molecular formula is C27H26N4O. The van der Waals surface area contributed by atoms with Gasteiger partial charge in [-0.25, -0.2) is 9.97 Å². The highest BCUT2D eigenvalue weighted by molar-refractivity contribution is 5.96. The molecule has 0 aliphatic rings. The summed E-state index contributed by atoms with van der Waals surface area (Å²) in [5.41, 5.74) is 12.1. The van der Waals surface area contributed by atoms with E-state index >= 15 is 0 Å². The highest BCUT2D eigenvalue weighted by atomic mass is 16.2. The maximum Gasteiger partial charge on any atom is 0.242 e. The molecule has 0 spiro atoms. The minimum absolute atomic E-state index is 0.232. The van der Waals surface area contributed by atoms with Gasteiger partial charge in [-0.15, -0.1) is 0 Å². The minimum atomic E-state index is -0.744. The molecule has 0 saturated heterocycles. The first-order valence-corrected chi connectivity index (χ1v) is 10.6. The standard InChI is InChI=1S/C27H26N4O/c1-18-17-29-19(2)30-26(18)22-13-15-23(16-14-22)31-27(32)25(28)24(20-9-5-3-6-10-20)21-11-7-4-8-12-21/h3-17,24-25H,28H2,1-2H3,(H,31,32). The lowest BCUT2D eigenvalue weighted by molar-refractivity contribution is -0.117. The summed E-state index contributed by atoms with van der Waals surface area (Å²) in [6.45, 7) is 3.85. The Morgan fingerprint density at radius 2 is 1.41 bits per heavy atom. The van der Waals surface area contributed by atoms with Crippen LogP contribution in [0.5, 0.6) is 0 Å². The van der Waals surface area contributed by atoms with Crippen LogP contribution in [0.4, 0.5) is 5.69 Å². The van der Waals surface area contributed by atoms with Crippen LogP contribution in [-0.4, -0.2) is 21.9 Å². The molecule has 4 rings (SSSR count). The fourth-order valence-electron chi connectivity index (χ4n) is 3.84. The van der Waals surface area contributed by atoms with Crippen molar-refractivity contribution in [3.63, 3.8) is 0 Å². The number of rotatable bonds is 6. The van der Waals surface area contributed by atoms with E-state index in [-0.39, 0.29) is 11.8 Å². The van der Waals surface area contributed by atoms with Crippen molar-refractivity contribution < 1.29 is 4.79 Å². The van der Waals surface area contributed by atoms with Crippen molar-refractivity contribution >= 4 is 11.6 Å². The van der Waals surface area contributed by atoms with Gasteiger partial charge in [0.25, 0.3) is 0 Å². The number of hydrogen-bond acceptors (Lipinski definition) is 4. The first-order valence-electron chi connectivity index (χ1n) is 10.6. The zero-order chi connectivity index (χ0) is 22.5. The Labute approximate surface area is 188 Å². The lowest BCUT2D eigenvalue weighted by Gasteiger charge is -2.24. The topological polar surface area (TPSA) is 80.9 Å². The first kappa shape index (κ1) is 21.4. The van der Waals surface area contributed by atoms with E-state index in [1.54, 1.807) is 0 Å². The van der Waals surface area contributed by atoms with Crippen molar-refractivity contribution in [1.82, 2.24) is 9.97 Å². The maximum absolute atomic E-state index is 13.1. The summed E-state index contributed by atoms with van der Waals surface area (Å²) in [6.07, 6.45) is 1.82. The second-order valence-corrected chi connectivity index (χ2v) is 7.84. The van der Waals surface area contributed by atoms with Crippen molar-refractivity contribution in [2.45, 2.75) is 25.8 Å². The average molecular weight is 423 g/mol. The number of nitrogens with zero attached hydrogens (tertiary/aromatic N) is 2. The van der Waals surface area contributed by atoms with Crippen molar-refractivity contribution in [1.29, 1.82) is 0 Å².